The number of nitrogens with zero attached hydrogens (tertiary/aromatic N) is 1. The van der Waals surface area contributed by atoms with Gasteiger partial charge < -0.3 is 5.73 Å². The van der Waals surface area contributed by atoms with Gasteiger partial charge in [0.15, 0.2) is 0 Å². The van der Waals surface area contributed by atoms with Gasteiger partial charge in [0.2, 0.25) is 0 Å². The summed E-state index contributed by atoms with van der Waals surface area (Å²) in [6, 6.07) is 1.40. The largest absolute Gasteiger partial charge is 0.329 e. The molecule has 19 heavy (non-hydrogen) atoms. The van der Waals surface area contributed by atoms with Gasteiger partial charge in [-0.2, -0.15) is 0 Å². The molecule has 0 amide bonds. The lowest BCUT2D eigenvalue weighted by Crippen LogP contribution is -2.45. The SMILES string of the molecule is CCCCCCCC(CN)N(C)C1CCC(C)CC1. The Hall–Kier alpha value is -0.0800. The Morgan fingerprint density at radius 1 is 1.05 bits per heavy atom. The van der Waals surface area contributed by atoms with Crippen LogP contribution in [0.3, 0.4) is 0 Å². The van der Waals surface area contributed by atoms with E-state index in [-0.39, 0.29) is 0 Å². The lowest BCUT2D eigenvalue weighted by molar-refractivity contribution is 0.119. The van der Waals surface area contributed by atoms with Gasteiger partial charge >= 0.3 is 0 Å². The van der Waals surface area contributed by atoms with Crippen molar-refractivity contribution in [3.05, 3.63) is 0 Å². The van der Waals surface area contributed by atoms with Gasteiger partial charge in [-0.1, -0.05) is 46.0 Å². The third-order valence-electron chi connectivity index (χ3n) is 5.05. The van der Waals surface area contributed by atoms with Gasteiger partial charge in [0, 0.05) is 18.6 Å². The molecule has 1 rings (SSSR count). The van der Waals surface area contributed by atoms with Gasteiger partial charge in [-0.05, 0) is 45.1 Å². The number of hydrogen-bond acceptors (Lipinski definition) is 2. The Balaban J connectivity index is 2.24. The van der Waals surface area contributed by atoms with Crippen LogP contribution in [0.4, 0.5) is 0 Å². The van der Waals surface area contributed by atoms with E-state index in [2.05, 4.69) is 25.8 Å². The van der Waals surface area contributed by atoms with Crippen molar-refractivity contribution in [1.82, 2.24) is 4.90 Å². The minimum atomic E-state index is 0.611. The van der Waals surface area contributed by atoms with Gasteiger partial charge in [-0.15, -0.1) is 0 Å². The zero-order valence-corrected chi connectivity index (χ0v) is 13.5. The van der Waals surface area contributed by atoms with Gasteiger partial charge in [0.05, 0.1) is 0 Å². The van der Waals surface area contributed by atoms with Crippen molar-refractivity contribution in [1.29, 1.82) is 0 Å². The maximum absolute atomic E-state index is 6.01. The number of rotatable bonds is 9. The van der Waals surface area contributed by atoms with Crippen molar-refractivity contribution in [3.63, 3.8) is 0 Å². The third-order valence-corrected chi connectivity index (χ3v) is 5.05. The zero-order chi connectivity index (χ0) is 14.1. The predicted octanol–water partition coefficient (Wildman–Crippen LogP) is 4.18. The smallest absolute Gasteiger partial charge is 0.0218 e. The topological polar surface area (TPSA) is 29.3 Å². The monoisotopic (exact) mass is 268 g/mol. The average Bonchev–Trinajstić information content (AvgIpc) is 2.43. The molecule has 1 saturated carbocycles. The molecule has 0 spiro atoms. The van der Waals surface area contributed by atoms with E-state index < -0.39 is 0 Å². The molecule has 1 aliphatic rings. The molecule has 2 heteroatoms. The van der Waals surface area contributed by atoms with Crippen molar-refractivity contribution in [2.24, 2.45) is 11.7 Å². The summed E-state index contributed by atoms with van der Waals surface area (Å²) in [5, 5.41) is 0. The van der Waals surface area contributed by atoms with Crippen LogP contribution in [0.1, 0.15) is 78.1 Å². The highest BCUT2D eigenvalue weighted by Gasteiger charge is 2.25. The molecule has 0 aromatic heterocycles. The number of hydrogen-bond donors (Lipinski definition) is 1. The standard InChI is InChI=1S/C17H36N2/c1-4-5-6-7-8-9-17(14-18)19(3)16-12-10-15(2)11-13-16/h15-17H,4-14,18H2,1-3H3. The van der Waals surface area contributed by atoms with Crippen LogP contribution in [0.5, 0.6) is 0 Å². The number of unbranched alkanes of at least 4 members (excludes halogenated alkanes) is 4. The first-order chi connectivity index (χ1) is 9.19. The number of likely N-dealkylation sites (N-methyl/N-ethyl adjacent to an activating group) is 1. The molecule has 114 valence electrons. The lowest BCUT2D eigenvalue weighted by atomic mass is 9.86. The summed E-state index contributed by atoms with van der Waals surface area (Å²) in [4.78, 5) is 2.60. The molecule has 0 heterocycles. The van der Waals surface area contributed by atoms with E-state index in [1.807, 2.05) is 0 Å². The molecule has 1 aliphatic carbocycles. The zero-order valence-electron chi connectivity index (χ0n) is 13.5. The highest BCUT2D eigenvalue weighted by Crippen LogP contribution is 2.28. The first-order valence-corrected chi connectivity index (χ1v) is 8.61. The minimum Gasteiger partial charge on any atom is -0.329 e. The van der Waals surface area contributed by atoms with Crippen LogP contribution in [-0.4, -0.2) is 30.6 Å². The van der Waals surface area contributed by atoms with E-state index in [1.54, 1.807) is 0 Å². The van der Waals surface area contributed by atoms with E-state index in [0.717, 1.165) is 18.5 Å². The average molecular weight is 268 g/mol. The molecule has 0 aromatic carbocycles. The van der Waals surface area contributed by atoms with Crippen LogP contribution in [-0.2, 0) is 0 Å². The molecular weight excluding hydrogens is 232 g/mol. The Labute approximate surface area is 121 Å². The molecule has 0 bridgehead atoms. The van der Waals surface area contributed by atoms with Gasteiger partial charge in [-0.25, -0.2) is 0 Å². The maximum Gasteiger partial charge on any atom is 0.0218 e. The molecule has 0 aromatic rings. The summed E-state index contributed by atoms with van der Waals surface area (Å²) in [5.74, 6) is 0.940. The fourth-order valence-corrected chi connectivity index (χ4v) is 3.42. The molecule has 1 unspecified atom stereocenters. The van der Waals surface area contributed by atoms with Crippen molar-refractivity contribution in [3.8, 4) is 0 Å². The Morgan fingerprint density at radius 3 is 2.26 bits per heavy atom. The minimum absolute atomic E-state index is 0.611. The molecule has 2 N–H and O–H groups in total. The maximum atomic E-state index is 6.01. The molecular formula is C17H36N2. The predicted molar refractivity (Wildman–Crippen MR) is 85.4 cm³/mol. The molecule has 2 nitrogen and oxygen atoms in total. The fourth-order valence-electron chi connectivity index (χ4n) is 3.42. The Morgan fingerprint density at radius 2 is 1.68 bits per heavy atom. The van der Waals surface area contributed by atoms with E-state index in [9.17, 15) is 0 Å². The molecule has 1 fully saturated rings. The van der Waals surface area contributed by atoms with Gasteiger partial charge in [0.25, 0.3) is 0 Å². The van der Waals surface area contributed by atoms with E-state index in [1.165, 1.54) is 64.2 Å². The van der Waals surface area contributed by atoms with E-state index in [0.29, 0.717) is 6.04 Å². The molecule has 1 atom stereocenters. The summed E-state index contributed by atoms with van der Waals surface area (Å²) in [6.07, 6.45) is 13.7. The summed E-state index contributed by atoms with van der Waals surface area (Å²) in [7, 11) is 2.31. The lowest BCUT2D eigenvalue weighted by Gasteiger charge is -2.38. The first kappa shape index (κ1) is 17.0. The summed E-state index contributed by atoms with van der Waals surface area (Å²) in [6.45, 7) is 5.50. The van der Waals surface area contributed by atoms with Crippen LogP contribution >= 0.6 is 0 Å². The number of nitrogens with two attached hydrogens (primary N) is 1. The van der Waals surface area contributed by atoms with Crippen LogP contribution in [0.2, 0.25) is 0 Å². The highest BCUT2D eigenvalue weighted by molar-refractivity contribution is 4.81. The summed E-state index contributed by atoms with van der Waals surface area (Å²) < 4.78 is 0. The van der Waals surface area contributed by atoms with Crippen LogP contribution < -0.4 is 5.73 Å². The second-order valence-corrected chi connectivity index (χ2v) is 6.67. The van der Waals surface area contributed by atoms with Crippen LogP contribution in [0.25, 0.3) is 0 Å². The van der Waals surface area contributed by atoms with Crippen molar-refractivity contribution < 1.29 is 0 Å². The highest BCUT2D eigenvalue weighted by atomic mass is 15.2. The van der Waals surface area contributed by atoms with Gasteiger partial charge in [-0.3, -0.25) is 4.90 Å². The van der Waals surface area contributed by atoms with Gasteiger partial charge in [0.1, 0.15) is 0 Å². The van der Waals surface area contributed by atoms with E-state index >= 15 is 0 Å². The van der Waals surface area contributed by atoms with Crippen molar-refractivity contribution in [2.45, 2.75) is 90.1 Å². The fraction of sp³-hybridized carbons (Fsp3) is 1.00. The van der Waals surface area contributed by atoms with Crippen molar-refractivity contribution in [2.75, 3.05) is 13.6 Å². The first-order valence-electron chi connectivity index (χ1n) is 8.61. The second-order valence-electron chi connectivity index (χ2n) is 6.67. The normalized spacial score (nSPS) is 25.7. The molecule has 0 aliphatic heterocycles. The second kappa shape index (κ2) is 9.77. The quantitative estimate of drug-likeness (QED) is 0.635. The molecule has 0 saturated heterocycles. The summed E-state index contributed by atoms with van der Waals surface area (Å²) in [5.41, 5.74) is 6.01. The van der Waals surface area contributed by atoms with Crippen molar-refractivity contribution >= 4 is 0 Å². The van der Waals surface area contributed by atoms with Crippen LogP contribution in [0.15, 0.2) is 0 Å². The third kappa shape index (κ3) is 6.27. The Kier molecular flexibility index (Phi) is 8.72. The van der Waals surface area contributed by atoms with Crippen LogP contribution in [0, 0.1) is 5.92 Å². The summed E-state index contributed by atoms with van der Waals surface area (Å²) >= 11 is 0. The molecule has 0 radical (unpaired) electrons. The Bertz CT molecular complexity index is 209. The van der Waals surface area contributed by atoms with E-state index in [4.69, 9.17) is 5.73 Å².